The van der Waals surface area contributed by atoms with Gasteiger partial charge in [0, 0.05) is 0 Å². The van der Waals surface area contributed by atoms with Gasteiger partial charge in [-0.2, -0.15) is 0 Å². The second-order valence-electron chi connectivity index (χ2n) is 3.24. The highest BCUT2D eigenvalue weighted by atomic mass is 16.9. The second kappa shape index (κ2) is 5.91. The Morgan fingerprint density at radius 3 is 1.55 bits per heavy atom. The van der Waals surface area contributed by atoms with E-state index in [4.69, 9.17) is 15.3 Å². The minimum Gasteiger partial charge on any atom is -0.356 e. The molecule has 0 heterocycles. The maximum atomic E-state index is 8.25. The minimum absolute atomic E-state index is 1.09. The van der Waals surface area contributed by atoms with Gasteiger partial charge in [0.25, 0.3) is 0 Å². The third-order valence-corrected chi connectivity index (χ3v) is 0.894. The Bertz CT molecular complexity index is 105. The molecule has 0 radical (unpaired) electrons. The quantitative estimate of drug-likeness (QED) is 0.345. The van der Waals surface area contributed by atoms with Gasteiger partial charge in [-0.15, -0.1) is 0 Å². The first kappa shape index (κ1) is 12.8. The maximum absolute atomic E-state index is 8.25. The van der Waals surface area contributed by atoms with Crippen molar-refractivity contribution in [3.05, 3.63) is 15.3 Å². The van der Waals surface area contributed by atoms with E-state index < -0.39 is 5.09 Å². The molecule has 0 amide bonds. The van der Waals surface area contributed by atoms with Gasteiger partial charge >= 0.3 is 0 Å². The Morgan fingerprint density at radius 1 is 1.27 bits per heavy atom. The Morgan fingerprint density at radius 2 is 1.55 bits per heavy atom. The van der Waals surface area contributed by atoms with E-state index >= 15 is 0 Å². The molecule has 0 fully saturated rings. The Hall–Kier alpha value is -0.840. The van der Waals surface area contributed by atoms with Gasteiger partial charge in [0.2, 0.25) is 0 Å². The molecule has 5 heteroatoms. The molecule has 0 N–H and O–H groups in total. The van der Waals surface area contributed by atoms with Crippen LogP contribution in [0.15, 0.2) is 0 Å². The first-order valence-electron chi connectivity index (χ1n) is 3.41. The van der Waals surface area contributed by atoms with Crippen molar-refractivity contribution in [3.8, 4) is 0 Å². The number of quaternary nitrogens is 1. The van der Waals surface area contributed by atoms with E-state index in [9.17, 15) is 0 Å². The summed E-state index contributed by atoms with van der Waals surface area (Å²) in [5, 5.41) is 14.8. The van der Waals surface area contributed by atoms with Crippen LogP contribution < -0.4 is 0 Å². The molecule has 0 saturated heterocycles. The van der Waals surface area contributed by atoms with Crippen molar-refractivity contribution < 1.29 is 9.57 Å². The molecular weight excluding hydrogens is 148 g/mol. The fraction of sp³-hybridized carbons (Fsp3) is 1.00. The fourth-order valence-electron chi connectivity index (χ4n) is 0.671. The summed E-state index contributed by atoms with van der Waals surface area (Å²) in [6.07, 6.45) is 1.28. The van der Waals surface area contributed by atoms with Crippen molar-refractivity contribution >= 4 is 0 Å². The molecule has 0 aromatic heterocycles. The molecule has 0 aromatic rings. The van der Waals surface area contributed by atoms with E-state index in [1.54, 1.807) is 0 Å². The highest BCUT2D eigenvalue weighted by molar-refractivity contribution is 4.20. The van der Waals surface area contributed by atoms with Crippen LogP contribution in [-0.2, 0) is 0 Å². The summed E-state index contributed by atoms with van der Waals surface area (Å²) in [5.41, 5.74) is 0. The Balaban J connectivity index is 0. The monoisotopic (exact) mass is 164 g/mol. The van der Waals surface area contributed by atoms with Crippen LogP contribution in [0, 0.1) is 15.3 Å². The molecule has 0 bridgehead atoms. The standard InChI is InChI=1S/C6H16N.NO3/c1-5-6-7(2,3)4;2-1(3)4/h5-6H2,1-4H3;/q+1;-1. The zero-order valence-corrected chi connectivity index (χ0v) is 7.53. The van der Waals surface area contributed by atoms with Crippen LogP contribution >= 0.6 is 0 Å². The van der Waals surface area contributed by atoms with E-state index in [-0.39, 0.29) is 0 Å². The number of nitrogens with zero attached hydrogens (tertiary/aromatic N) is 2. The highest BCUT2D eigenvalue weighted by Crippen LogP contribution is 1.90. The van der Waals surface area contributed by atoms with Gasteiger partial charge in [-0.1, -0.05) is 6.92 Å². The molecule has 0 unspecified atom stereocenters. The van der Waals surface area contributed by atoms with Gasteiger partial charge in [-0.3, -0.25) is 0 Å². The van der Waals surface area contributed by atoms with E-state index in [0.29, 0.717) is 0 Å². The Labute approximate surface area is 66.9 Å². The first-order valence-corrected chi connectivity index (χ1v) is 3.41. The predicted octanol–water partition coefficient (Wildman–Crippen LogP) is 0.864. The summed E-state index contributed by atoms with van der Waals surface area (Å²) in [6.45, 7) is 3.49. The third-order valence-electron chi connectivity index (χ3n) is 0.894. The molecule has 0 aliphatic carbocycles. The van der Waals surface area contributed by atoms with Gasteiger partial charge < -0.3 is 19.8 Å². The smallest absolute Gasteiger partial charge is 0.0777 e. The molecule has 0 rings (SSSR count). The van der Waals surface area contributed by atoms with Crippen molar-refractivity contribution in [1.82, 2.24) is 0 Å². The van der Waals surface area contributed by atoms with Crippen LogP contribution in [0.3, 0.4) is 0 Å². The zero-order chi connectivity index (χ0) is 9.49. The summed E-state index contributed by atoms with van der Waals surface area (Å²) >= 11 is 0. The lowest BCUT2D eigenvalue weighted by Gasteiger charge is -2.22. The van der Waals surface area contributed by atoms with Crippen LogP contribution in [0.1, 0.15) is 13.3 Å². The van der Waals surface area contributed by atoms with Gasteiger partial charge in [0.1, 0.15) is 0 Å². The summed E-state index contributed by atoms with van der Waals surface area (Å²) in [4.78, 5) is 8.25. The molecule has 11 heavy (non-hydrogen) atoms. The average Bonchev–Trinajstić information content (AvgIpc) is 1.58. The van der Waals surface area contributed by atoms with Gasteiger partial charge in [-0.05, 0) is 6.42 Å². The van der Waals surface area contributed by atoms with Crippen molar-refractivity contribution in [3.63, 3.8) is 0 Å². The van der Waals surface area contributed by atoms with Crippen LogP contribution in [0.5, 0.6) is 0 Å². The van der Waals surface area contributed by atoms with Gasteiger partial charge in [0.05, 0.1) is 32.8 Å². The van der Waals surface area contributed by atoms with E-state index in [1.165, 1.54) is 13.0 Å². The number of hydrogen-bond acceptors (Lipinski definition) is 3. The van der Waals surface area contributed by atoms with Gasteiger partial charge in [0.15, 0.2) is 0 Å². The molecule has 0 aliphatic rings. The van der Waals surface area contributed by atoms with Crippen molar-refractivity contribution in [2.45, 2.75) is 13.3 Å². The van der Waals surface area contributed by atoms with E-state index in [2.05, 4.69) is 28.1 Å². The molecule has 0 aromatic carbocycles. The largest absolute Gasteiger partial charge is 0.356 e. The minimum atomic E-state index is -1.75. The lowest BCUT2D eigenvalue weighted by Crippen LogP contribution is -2.34. The number of hydrogen-bond donors (Lipinski definition) is 0. The normalized spacial score (nSPS) is 9.82. The summed E-state index contributed by atoms with van der Waals surface area (Å²) in [7, 11) is 6.64. The van der Waals surface area contributed by atoms with Crippen molar-refractivity contribution in [1.29, 1.82) is 0 Å². The lowest BCUT2D eigenvalue weighted by atomic mass is 10.4. The maximum Gasteiger partial charge on any atom is 0.0777 e. The fourth-order valence-corrected chi connectivity index (χ4v) is 0.671. The average molecular weight is 164 g/mol. The molecule has 0 saturated carbocycles. The SMILES string of the molecule is CCC[N+](C)(C)C.O=[N+]([O-])[O-]. The van der Waals surface area contributed by atoms with Crippen LogP contribution in [-0.4, -0.2) is 37.3 Å². The topological polar surface area (TPSA) is 66.2 Å². The van der Waals surface area contributed by atoms with E-state index in [0.717, 1.165) is 4.48 Å². The second-order valence-corrected chi connectivity index (χ2v) is 3.24. The zero-order valence-electron chi connectivity index (χ0n) is 7.53. The Kier molecular flexibility index (Phi) is 6.88. The molecule has 5 nitrogen and oxygen atoms in total. The predicted molar refractivity (Wildman–Crippen MR) is 43.6 cm³/mol. The van der Waals surface area contributed by atoms with Crippen molar-refractivity contribution in [2.75, 3.05) is 27.7 Å². The molecule has 0 spiro atoms. The number of rotatable bonds is 2. The molecule has 0 aliphatic heterocycles. The van der Waals surface area contributed by atoms with Crippen molar-refractivity contribution in [2.24, 2.45) is 0 Å². The van der Waals surface area contributed by atoms with Crippen LogP contribution in [0.25, 0.3) is 0 Å². The van der Waals surface area contributed by atoms with E-state index in [1.807, 2.05) is 0 Å². The third kappa shape index (κ3) is 47.0. The summed E-state index contributed by atoms with van der Waals surface area (Å²) in [6, 6.07) is 0. The van der Waals surface area contributed by atoms with Gasteiger partial charge in [-0.25, -0.2) is 0 Å². The molecule has 0 atom stereocenters. The summed E-state index contributed by atoms with van der Waals surface area (Å²) < 4.78 is 1.09. The van der Waals surface area contributed by atoms with Crippen LogP contribution in [0.2, 0.25) is 0 Å². The lowest BCUT2D eigenvalue weighted by molar-refractivity contribution is -0.870. The highest BCUT2D eigenvalue weighted by Gasteiger charge is 2.01. The van der Waals surface area contributed by atoms with Crippen LogP contribution in [0.4, 0.5) is 0 Å². The molecular formula is C6H16N2O3. The molecule has 68 valence electrons. The summed E-state index contributed by atoms with van der Waals surface area (Å²) in [5.74, 6) is 0. The first-order chi connectivity index (χ1) is 4.79.